The minimum atomic E-state index is -0.483. The lowest BCUT2D eigenvalue weighted by molar-refractivity contribution is -0.146. The van der Waals surface area contributed by atoms with Gasteiger partial charge in [0.05, 0.1) is 11.9 Å². The van der Waals surface area contributed by atoms with Crippen LogP contribution in [0.1, 0.15) is 30.9 Å². The molecule has 1 N–H and O–H groups in total. The third-order valence-corrected chi connectivity index (χ3v) is 5.89. The number of esters is 1. The molecule has 0 bridgehead atoms. The molecule has 4 nitrogen and oxygen atoms in total. The van der Waals surface area contributed by atoms with Crippen molar-refractivity contribution in [3.8, 4) is 0 Å². The number of hydrogen-bond acceptors (Lipinski definition) is 5. The second-order valence-electron chi connectivity index (χ2n) is 6.21. The summed E-state index contributed by atoms with van der Waals surface area (Å²) in [4.78, 5) is 24.6. The number of ether oxygens (including phenoxy) is 1. The number of carbonyl (C=O) groups is 2. The highest BCUT2D eigenvalue weighted by Gasteiger charge is 2.39. The van der Waals surface area contributed by atoms with Crippen LogP contribution in [-0.4, -0.2) is 35.5 Å². The molecule has 23 heavy (non-hydrogen) atoms. The number of Topliss-reactive ketones (excluding diaryl/α,β-unsaturated/α-hetero) is 1. The molecule has 0 radical (unpaired) electrons. The van der Waals surface area contributed by atoms with Crippen LogP contribution in [0.4, 0.5) is 0 Å². The Morgan fingerprint density at radius 2 is 2.09 bits per heavy atom. The third-order valence-electron chi connectivity index (χ3n) is 4.67. The molecule has 1 aromatic rings. The molecular weight excluding hydrogens is 310 g/mol. The summed E-state index contributed by atoms with van der Waals surface area (Å²) < 4.78 is 5.08. The van der Waals surface area contributed by atoms with E-state index < -0.39 is 6.04 Å². The Balaban J connectivity index is 1.60. The summed E-state index contributed by atoms with van der Waals surface area (Å²) in [7, 11) is 0. The molecule has 1 aliphatic heterocycles. The Bertz CT molecular complexity index is 589. The molecule has 1 aliphatic carbocycles. The van der Waals surface area contributed by atoms with Crippen LogP contribution in [0.2, 0.25) is 0 Å². The van der Waals surface area contributed by atoms with Crippen LogP contribution in [0, 0.1) is 5.92 Å². The second kappa shape index (κ2) is 7.49. The zero-order valence-electron chi connectivity index (χ0n) is 13.4. The SMILES string of the molecule is CCOC(=O)[C@H]1NCSC1C(=O)C[C@@H]1CCc2ccccc2C1. The van der Waals surface area contributed by atoms with Crippen molar-refractivity contribution in [2.45, 2.75) is 43.9 Å². The Morgan fingerprint density at radius 1 is 1.30 bits per heavy atom. The minimum absolute atomic E-state index is 0.183. The standard InChI is InChI=1S/C18H23NO3S/c1-2-22-18(21)16-17(23-11-19-16)15(20)10-12-7-8-13-5-3-4-6-14(13)9-12/h3-6,12,16-17,19H,2,7-11H2,1H3/t12-,16+,17?/m1/s1. The van der Waals surface area contributed by atoms with Crippen LogP contribution in [0.3, 0.4) is 0 Å². The van der Waals surface area contributed by atoms with E-state index in [1.165, 1.54) is 22.9 Å². The molecule has 1 fully saturated rings. The fourth-order valence-electron chi connectivity index (χ4n) is 3.50. The summed E-state index contributed by atoms with van der Waals surface area (Å²) in [6, 6.07) is 8.01. The molecule has 0 amide bonds. The van der Waals surface area contributed by atoms with Crippen molar-refractivity contribution in [2.24, 2.45) is 5.92 Å². The van der Waals surface area contributed by atoms with Gasteiger partial charge in [0.1, 0.15) is 11.8 Å². The highest BCUT2D eigenvalue weighted by Crippen LogP contribution is 2.31. The van der Waals surface area contributed by atoms with Gasteiger partial charge in [0.15, 0.2) is 0 Å². The van der Waals surface area contributed by atoms with E-state index in [4.69, 9.17) is 4.74 Å². The van der Waals surface area contributed by atoms with Gasteiger partial charge in [-0.1, -0.05) is 24.3 Å². The number of nitrogens with one attached hydrogen (secondary N) is 1. The van der Waals surface area contributed by atoms with Crippen molar-refractivity contribution in [1.82, 2.24) is 5.32 Å². The Hall–Kier alpha value is -1.33. The number of rotatable bonds is 5. The van der Waals surface area contributed by atoms with Gasteiger partial charge in [-0.05, 0) is 43.2 Å². The van der Waals surface area contributed by atoms with Crippen molar-refractivity contribution in [2.75, 3.05) is 12.5 Å². The van der Waals surface area contributed by atoms with Crippen LogP contribution < -0.4 is 5.32 Å². The van der Waals surface area contributed by atoms with E-state index in [2.05, 4.69) is 29.6 Å². The molecule has 124 valence electrons. The average molecular weight is 333 g/mol. The third kappa shape index (κ3) is 3.78. The Labute approximate surface area is 141 Å². The Morgan fingerprint density at radius 3 is 2.87 bits per heavy atom. The van der Waals surface area contributed by atoms with E-state index >= 15 is 0 Å². The number of carbonyl (C=O) groups excluding carboxylic acids is 2. The van der Waals surface area contributed by atoms with Crippen LogP contribution in [0.5, 0.6) is 0 Å². The van der Waals surface area contributed by atoms with E-state index in [0.29, 0.717) is 24.8 Å². The van der Waals surface area contributed by atoms with Gasteiger partial charge in [-0.3, -0.25) is 14.9 Å². The molecule has 1 unspecified atom stereocenters. The highest BCUT2D eigenvalue weighted by atomic mass is 32.2. The second-order valence-corrected chi connectivity index (χ2v) is 7.34. The smallest absolute Gasteiger partial charge is 0.324 e. The molecule has 5 heteroatoms. The fourth-order valence-corrected chi connectivity index (χ4v) is 4.63. The van der Waals surface area contributed by atoms with Crippen LogP contribution >= 0.6 is 11.8 Å². The first-order chi connectivity index (χ1) is 11.2. The summed E-state index contributed by atoms with van der Waals surface area (Å²) in [5.41, 5.74) is 2.79. The number of hydrogen-bond donors (Lipinski definition) is 1. The summed E-state index contributed by atoms with van der Waals surface area (Å²) in [5.74, 6) is 0.904. The van der Waals surface area contributed by atoms with E-state index in [-0.39, 0.29) is 17.0 Å². The number of thioether (sulfide) groups is 1. The van der Waals surface area contributed by atoms with Crippen molar-refractivity contribution >= 4 is 23.5 Å². The number of fused-ring (bicyclic) bond motifs is 1. The zero-order chi connectivity index (χ0) is 16.2. The normalized spacial score (nSPS) is 26.6. The zero-order valence-corrected chi connectivity index (χ0v) is 14.2. The topological polar surface area (TPSA) is 55.4 Å². The van der Waals surface area contributed by atoms with Gasteiger partial charge < -0.3 is 4.74 Å². The molecular formula is C18H23NO3S. The summed E-state index contributed by atoms with van der Waals surface area (Å²) in [6.07, 6.45) is 3.63. The lowest BCUT2D eigenvalue weighted by atomic mass is 9.81. The van der Waals surface area contributed by atoms with Gasteiger partial charge in [0.2, 0.25) is 0 Å². The first-order valence-corrected chi connectivity index (χ1v) is 9.35. The van der Waals surface area contributed by atoms with E-state index in [0.717, 1.165) is 19.3 Å². The van der Waals surface area contributed by atoms with Crippen molar-refractivity contribution in [1.29, 1.82) is 0 Å². The first-order valence-electron chi connectivity index (χ1n) is 8.30. The maximum Gasteiger partial charge on any atom is 0.324 e. The predicted octanol–water partition coefficient (Wildman–Crippen LogP) is 2.34. The number of benzene rings is 1. The number of aryl methyl sites for hydroxylation is 1. The van der Waals surface area contributed by atoms with E-state index in [9.17, 15) is 9.59 Å². The molecule has 0 saturated carbocycles. The maximum absolute atomic E-state index is 12.7. The number of ketones is 1. The van der Waals surface area contributed by atoms with E-state index in [1.807, 2.05) is 0 Å². The molecule has 3 rings (SSSR count). The van der Waals surface area contributed by atoms with Gasteiger partial charge in [0.25, 0.3) is 0 Å². The predicted molar refractivity (Wildman–Crippen MR) is 91.4 cm³/mol. The van der Waals surface area contributed by atoms with Crippen LogP contribution in [-0.2, 0) is 27.2 Å². The monoisotopic (exact) mass is 333 g/mol. The van der Waals surface area contributed by atoms with Crippen molar-refractivity contribution < 1.29 is 14.3 Å². The molecule has 1 aromatic carbocycles. The molecule has 0 spiro atoms. The van der Waals surface area contributed by atoms with Gasteiger partial charge in [-0.2, -0.15) is 0 Å². The van der Waals surface area contributed by atoms with Crippen LogP contribution in [0.25, 0.3) is 0 Å². The highest BCUT2D eigenvalue weighted by molar-refractivity contribution is 8.00. The Kier molecular flexibility index (Phi) is 5.38. The fraction of sp³-hybridized carbons (Fsp3) is 0.556. The van der Waals surface area contributed by atoms with Crippen molar-refractivity contribution in [3.63, 3.8) is 0 Å². The maximum atomic E-state index is 12.7. The molecule has 0 aromatic heterocycles. The molecule has 2 aliphatic rings. The summed E-state index contributed by atoms with van der Waals surface area (Å²) >= 11 is 1.53. The van der Waals surface area contributed by atoms with Gasteiger partial charge in [0, 0.05) is 12.3 Å². The van der Waals surface area contributed by atoms with Gasteiger partial charge in [-0.25, -0.2) is 0 Å². The minimum Gasteiger partial charge on any atom is -0.465 e. The lowest BCUT2D eigenvalue weighted by Gasteiger charge is -2.25. The molecule has 1 heterocycles. The molecule has 3 atom stereocenters. The first kappa shape index (κ1) is 16.5. The summed E-state index contributed by atoms with van der Waals surface area (Å²) in [6.45, 7) is 2.14. The van der Waals surface area contributed by atoms with E-state index in [1.54, 1.807) is 6.92 Å². The summed E-state index contributed by atoms with van der Waals surface area (Å²) in [5, 5.41) is 2.79. The van der Waals surface area contributed by atoms with Crippen molar-refractivity contribution in [3.05, 3.63) is 35.4 Å². The van der Waals surface area contributed by atoms with Gasteiger partial charge in [-0.15, -0.1) is 11.8 Å². The van der Waals surface area contributed by atoms with Gasteiger partial charge >= 0.3 is 5.97 Å². The molecule has 1 saturated heterocycles. The quantitative estimate of drug-likeness (QED) is 0.838. The average Bonchev–Trinajstić information content (AvgIpc) is 3.05. The lowest BCUT2D eigenvalue weighted by Crippen LogP contribution is -2.43. The van der Waals surface area contributed by atoms with Crippen LogP contribution in [0.15, 0.2) is 24.3 Å². The largest absolute Gasteiger partial charge is 0.465 e.